The van der Waals surface area contributed by atoms with Crippen molar-refractivity contribution in [1.29, 1.82) is 0 Å². The van der Waals surface area contributed by atoms with Crippen molar-refractivity contribution in [2.75, 3.05) is 31.1 Å². The third-order valence-corrected chi connectivity index (χ3v) is 8.91. The molecular formula is C30H40Cl2N6O2. The predicted molar refractivity (Wildman–Crippen MR) is 160 cm³/mol. The Bertz CT molecular complexity index is 1390. The summed E-state index contributed by atoms with van der Waals surface area (Å²) in [5.74, 6) is 2.37. The lowest BCUT2D eigenvalue weighted by Crippen LogP contribution is -2.48. The molecule has 10 heteroatoms. The second-order valence-electron chi connectivity index (χ2n) is 12.5. The number of piperidine rings is 2. The van der Waals surface area contributed by atoms with Crippen molar-refractivity contribution in [2.45, 2.75) is 72.4 Å². The summed E-state index contributed by atoms with van der Waals surface area (Å²) in [7, 11) is 0. The standard InChI is InChI=1S/C30H40Cl2N6O2/c1-18-16-36(13-11-23(18)21-8-7-12-37(17-21)29(39)40-30(4,5)6)26-15-33-27-19(2)35-38(28(27)34-26)20(3)24-10-9-22(31)14-25(24)32/h9-10,14-15,18,20-21,23H,7-8,11-13,16-17H2,1-6H3/t18?,20-,21?,23?/m1/s1. The molecule has 0 saturated carbocycles. The van der Waals surface area contributed by atoms with Crippen LogP contribution in [0.4, 0.5) is 10.6 Å². The van der Waals surface area contributed by atoms with E-state index in [2.05, 4.69) is 18.7 Å². The van der Waals surface area contributed by atoms with E-state index in [0.717, 1.165) is 73.7 Å². The number of likely N-dealkylation sites (tertiary alicyclic amines) is 1. The molecule has 2 saturated heterocycles. The van der Waals surface area contributed by atoms with Crippen molar-refractivity contribution >= 4 is 46.3 Å². The zero-order valence-corrected chi connectivity index (χ0v) is 25.8. The van der Waals surface area contributed by atoms with Crippen LogP contribution in [0.1, 0.15) is 71.2 Å². The molecule has 8 nitrogen and oxygen atoms in total. The Balaban J connectivity index is 1.31. The number of fused-ring (bicyclic) bond motifs is 1. The largest absolute Gasteiger partial charge is 0.444 e. The molecule has 0 aliphatic carbocycles. The Kier molecular flexibility index (Phi) is 8.22. The van der Waals surface area contributed by atoms with Gasteiger partial charge in [0.1, 0.15) is 16.9 Å². The molecule has 40 heavy (non-hydrogen) atoms. The van der Waals surface area contributed by atoms with Gasteiger partial charge in [-0.15, -0.1) is 0 Å². The maximum Gasteiger partial charge on any atom is 0.410 e. The average Bonchev–Trinajstić information content (AvgIpc) is 3.23. The molecule has 0 bridgehead atoms. The first-order valence-electron chi connectivity index (χ1n) is 14.3. The summed E-state index contributed by atoms with van der Waals surface area (Å²) in [5.41, 5.74) is 2.85. The summed E-state index contributed by atoms with van der Waals surface area (Å²) >= 11 is 12.7. The molecule has 4 atom stereocenters. The lowest BCUT2D eigenvalue weighted by atomic mass is 9.74. The summed E-state index contributed by atoms with van der Waals surface area (Å²) in [6, 6.07) is 5.42. The fraction of sp³-hybridized carbons (Fsp3) is 0.600. The van der Waals surface area contributed by atoms with Crippen LogP contribution in [-0.4, -0.2) is 62.5 Å². The first kappa shape index (κ1) is 28.9. The number of benzene rings is 1. The maximum absolute atomic E-state index is 12.7. The molecule has 2 fully saturated rings. The second kappa shape index (κ2) is 11.4. The average molecular weight is 588 g/mol. The molecule has 3 unspecified atom stereocenters. The van der Waals surface area contributed by atoms with Gasteiger partial charge >= 0.3 is 6.09 Å². The van der Waals surface area contributed by atoms with E-state index in [1.807, 2.05) is 55.6 Å². The van der Waals surface area contributed by atoms with E-state index in [1.54, 1.807) is 6.07 Å². The highest BCUT2D eigenvalue weighted by molar-refractivity contribution is 6.35. The van der Waals surface area contributed by atoms with Crippen LogP contribution < -0.4 is 4.90 Å². The number of nitrogens with zero attached hydrogens (tertiary/aromatic N) is 6. The van der Waals surface area contributed by atoms with Crippen molar-refractivity contribution in [3.63, 3.8) is 0 Å². The van der Waals surface area contributed by atoms with Crippen molar-refractivity contribution in [2.24, 2.45) is 17.8 Å². The summed E-state index contributed by atoms with van der Waals surface area (Å²) in [6.45, 7) is 15.5. The van der Waals surface area contributed by atoms with Crippen molar-refractivity contribution in [3.8, 4) is 0 Å². The number of aromatic nitrogens is 4. The van der Waals surface area contributed by atoms with Gasteiger partial charge in [0, 0.05) is 36.2 Å². The fourth-order valence-electron chi connectivity index (χ4n) is 6.36. The molecule has 0 radical (unpaired) electrons. The van der Waals surface area contributed by atoms with Gasteiger partial charge in [0.2, 0.25) is 0 Å². The SMILES string of the molecule is Cc1nn([C@H](C)c2ccc(Cl)cc2Cl)c2nc(N3CCC(C4CCCN(C(=O)OC(C)(C)C)C4)C(C)C3)cnc12. The van der Waals surface area contributed by atoms with Crippen LogP contribution >= 0.6 is 23.2 Å². The molecule has 1 aromatic carbocycles. The molecule has 0 N–H and O–H groups in total. The van der Waals surface area contributed by atoms with Crippen molar-refractivity contribution < 1.29 is 9.53 Å². The number of hydrogen-bond acceptors (Lipinski definition) is 6. The number of carbonyl (C=O) groups is 1. The van der Waals surface area contributed by atoms with Crippen LogP contribution in [0.5, 0.6) is 0 Å². The Morgan fingerprint density at radius 3 is 2.62 bits per heavy atom. The number of aryl methyl sites for hydroxylation is 1. The number of hydrogen-bond donors (Lipinski definition) is 0. The molecule has 5 rings (SSSR count). The third-order valence-electron chi connectivity index (χ3n) is 8.35. The van der Waals surface area contributed by atoms with Gasteiger partial charge in [-0.3, -0.25) is 0 Å². The molecular weight excluding hydrogens is 547 g/mol. The number of rotatable bonds is 4. The highest BCUT2D eigenvalue weighted by Gasteiger charge is 2.37. The summed E-state index contributed by atoms with van der Waals surface area (Å²) in [5, 5.41) is 6.00. The summed E-state index contributed by atoms with van der Waals surface area (Å²) in [4.78, 5) is 26.8. The normalized spacial score (nSPS) is 22.9. The van der Waals surface area contributed by atoms with Crippen molar-refractivity contribution in [3.05, 3.63) is 45.7 Å². The molecule has 3 aromatic rings. The highest BCUT2D eigenvalue weighted by Crippen LogP contribution is 2.37. The van der Waals surface area contributed by atoms with E-state index in [-0.39, 0.29) is 12.1 Å². The molecule has 4 heterocycles. The topological polar surface area (TPSA) is 76.4 Å². The molecule has 2 aliphatic heterocycles. The number of anilines is 1. The Morgan fingerprint density at radius 1 is 1.15 bits per heavy atom. The first-order chi connectivity index (χ1) is 18.9. The minimum Gasteiger partial charge on any atom is -0.444 e. The number of carbonyl (C=O) groups excluding carboxylic acids is 1. The second-order valence-corrected chi connectivity index (χ2v) is 13.3. The monoisotopic (exact) mass is 586 g/mol. The zero-order chi connectivity index (χ0) is 28.8. The Morgan fingerprint density at radius 2 is 1.93 bits per heavy atom. The smallest absolute Gasteiger partial charge is 0.410 e. The van der Waals surface area contributed by atoms with Crippen LogP contribution in [0.25, 0.3) is 11.2 Å². The predicted octanol–water partition coefficient (Wildman–Crippen LogP) is 7.16. The molecule has 1 amide bonds. The van der Waals surface area contributed by atoms with E-state index in [1.165, 1.54) is 0 Å². The zero-order valence-electron chi connectivity index (χ0n) is 24.3. The quantitative estimate of drug-likeness (QED) is 0.323. The van der Waals surface area contributed by atoms with Gasteiger partial charge in [0.25, 0.3) is 0 Å². The lowest BCUT2D eigenvalue weighted by Gasteiger charge is -2.44. The van der Waals surface area contributed by atoms with Crippen LogP contribution in [0, 0.1) is 24.7 Å². The van der Waals surface area contributed by atoms with Gasteiger partial charge in [0.15, 0.2) is 5.65 Å². The van der Waals surface area contributed by atoms with E-state index in [4.69, 9.17) is 43.0 Å². The Hall–Kier alpha value is -2.58. The van der Waals surface area contributed by atoms with E-state index >= 15 is 0 Å². The van der Waals surface area contributed by atoms with E-state index in [0.29, 0.717) is 27.8 Å². The maximum atomic E-state index is 12.7. The van der Waals surface area contributed by atoms with Gasteiger partial charge in [0.05, 0.1) is 17.9 Å². The fourth-order valence-corrected chi connectivity index (χ4v) is 6.93. The first-order valence-corrected chi connectivity index (χ1v) is 15.1. The van der Waals surface area contributed by atoms with E-state index < -0.39 is 5.60 Å². The summed E-state index contributed by atoms with van der Waals surface area (Å²) < 4.78 is 7.58. The van der Waals surface area contributed by atoms with Crippen LogP contribution in [-0.2, 0) is 4.74 Å². The number of ether oxygens (including phenoxy) is 1. The van der Waals surface area contributed by atoms with Crippen molar-refractivity contribution in [1.82, 2.24) is 24.6 Å². The van der Waals surface area contributed by atoms with Gasteiger partial charge < -0.3 is 14.5 Å². The summed E-state index contributed by atoms with van der Waals surface area (Å²) in [6.07, 6.45) is 4.93. The highest BCUT2D eigenvalue weighted by atomic mass is 35.5. The van der Waals surface area contributed by atoms with Gasteiger partial charge in [-0.25, -0.2) is 19.4 Å². The minimum atomic E-state index is -0.475. The van der Waals surface area contributed by atoms with Gasteiger partial charge in [-0.2, -0.15) is 5.10 Å². The van der Waals surface area contributed by atoms with Crippen LogP contribution in [0.15, 0.2) is 24.4 Å². The third kappa shape index (κ3) is 6.03. The minimum absolute atomic E-state index is 0.130. The van der Waals surface area contributed by atoms with Gasteiger partial charge in [-0.1, -0.05) is 36.2 Å². The molecule has 216 valence electrons. The Labute approximate surface area is 247 Å². The molecule has 2 aliphatic rings. The van der Waals surface area contributed by atoms with Crippen LogP contribution in [0.2, 0.25) is 10.0 Å². The molecule has 0 spiro atoms. The molecule has 2 aromatic heterocycles. The van der Waals surface area contributed by atoms with Crippen LogP contribution in [0.3, 0.4) is 0 Å². The van der Waals surface area contributed by atoms with Gasteiger partial charge in [-0.05, 0) is 89.3 Å². The number of halogens is 2. The van der Waals surface area contributed by atoms with E-state index in [9.17, 15) is 4.79 Å². The number of amides is 1. The lowest BCUT2D eigenvalue weighted by molar-refractivity contribution is 0.00943.